The van der Waals surface area contributed by atoms with Gasteiger partial charge in [-0.05, 0) is 18.8 Å². The third-order valence-electron chi connectivity index (χ3n) is 3.11. The average molecular weight is 295 g/mol. The summed E-state index contributed by atoms with van der Waals surface area (Å²) in [6.45, 7) is 6.96. The highest BCUT2D eigenvalue weighted by Gasteiger charge is 2.22. The minimum atomic E-state index is -0.0180. The highest BCUT2D eigenvalue weighted by atomic mass is 16.5. The molecule has 2 heterocycles. The zero-order valence-electron chi connectivity index (χ0n) is 13.1. The summed E-state index contributed by atoms with van der Waals surface area (Å²) < 4.78 is 16.4. The quantitative estimate of drug-likeness (QED) is 0.743. The van der Waals surface area contributed by atoms with E-state index in [0.717, 1.165) is 25.3 Å². The minimum Gasteiger partial charge on any atom is -0.477 e. The third-order valence-corrected chi connectivity index (χ3v) is 3.11. The summed E-state index contributed by atoms with van der Waals surface area (Å²) in [6, 6.07) is 1.83. The molecule has 0 aliphatic carbocycles. The van der Waals surface area contributed by atoms with E-state index < -0.39 is 0 Å². The molecule has 118 valence electrons. The summed E-state index contributed by atoms with van der Waals surface area (Å²) in [5.74, 6) is 2.51. The molecule has 0 aromatic carbocycles. The first-order chi connectivity index (χ1) is 10.2. The highest BCUT2D eigenvalue weighted by molar-refractivity contribution is 5.38. The fourth-order valence-electron chi connectivity index (χ4n) is 2.07. The molecule has 0 spiro atoms. The van der Waals surface area contributed by atoms with Gasteiger partial charge in [0.2, 0.25) is 5.88 Å². The fraction of sp³-hybridized carbons (Fsp3) is 0.733. The molecule has 1 atom stereocenters. The maximum absolute atomic E-state index is 5.74. The molecule has 1 aromatic heterocycles. The van der Waals surface area contributed by atoms with Crippen LogP contribution in [0.15, 0.2) is 6.07 Å². The molecule has 0 saturated carbocycles. The zero-order chi connectivity index (χ0) is 15.1. The van der Waals surface area contributed by atoms with Gasteiger partial charge in [0.25, 0.3) is 0 Å². The van der Waals surface area contributed by atoms with Gasteiger partial charge in [-0.1, -0.05) is 13.8 Å². The summed E-state index contributed by atoms with van der Waals surface area (Å²) in [4.78, 5) is 9.02. The van der Waals surface area contributed by atoms with Gasteiger partial charge in [-0.25, -0.2) is 4.98 Å². The van der Waals surface area contributed by atoms with Crippen molar-refractivity contribution < 1.29 is 14.2 Å². The lowest BCUT2D eigenvalue weighted by atomic mass is 10.2. The number of aromatic nitrogens is 2. The Bertz CT molecular complexity index is 434. The van der Waals surface area contributed by atoms with Crippen molar-refractivity contribution in [2.45, 2.75) is 32.8 Å². The maximum atomic E-state index is 5.74. The Morgan fingerprint density at radius 3 is 2.95 bits per heavy atom. The molecule has 1 aromatic rings. The molecule has 0 amide bonds. The lowest BCUT2D eigenvalue weighted by Gasteiger charge is -2.14. The Labute approximate surface area is 126 Å². The number of ether oxygens (including phenoxy) is 3. The van der Waals surface area contributed by atoms with Crippen molar-refractivity contribution in [1.29, 1.82) is 0 Å². The minimum absolute atomic E-state index is 0.0180. The summed E-state index contributed by atoms with van der Waals surface area (Å²) in [5, 5.41) is 3.23. The number of hydrogen-bond acceptors (Lipinski definition) is 6. The first-order valence-corrected chi connectivity index (χ1v) is 7.55. The number of nitrogens with zero attached hydrogens (tertiary/aromatic N) is 2. The van der Waals surface area contributed by atoms with Crippen LogP contribution in [-0.2, 0) is 9.47 Å². The Morgan fingerprint density at radius 1 is 1.43 bits per heavy atom. The largest absolute Gasteiger partial charge is 0.477 e. The molecule has 6 heteroatoms. The Hall–Kier alpha value is -1.40. The van der Waals surface area contributed by atoms with Crippen molar-refractivity contribution in [3.8, 4) is 5.88 Å². The second-order valence-corrected chi connectivity index (χ2v) is 5.58. The van der Waals surface area contributed by atoms with Crippen molar-refractivity contribution in [1.82, 2.24) is 9.97 Å². The van der Waals surface area contributed by atoms with Crippen LogP contribution < -0.4 is 10.1 Å². The van der Waals surface area contributed by atoms with E-state index in [4.69, 9.17) is 14.2 Å². The van der Waals surface area contributed by atoms with E-state index >= 15 is 0 Å². The summed E-state index contributed by atoms with van der Waals surface area (Å²) in [6.07, 6.45) is 2.00. The molecule has 1 unspecified atom stereocenters. The van der Waals surface area contributed by atoms with Crippen molar-refractivity contribution in [3.63, 3.8) is 0 Å². The molecule has 1 aliphatic rings. The number of hydrogen-bond donors (Lipinski definition) is 1. The van der Waals surface area contributed by atoms with Crippen LogP contribution in [-0.4, -0.2) is 43.4 Å². The van der Waals surface area contributed by atoms with E-state index in [0.29, 0.717) is 37.4 Å². The van der Waals surface area contributed by atoms with Gasteiger partial charge in [0, 0.05) is 26.3 Å². The molecular formula is C15H25N3O3. The van der Waals surface area contributed by atoms with Crippen LogP contribution in [0, 0.1) is 5.92 Å². The van der Waals surface area contributed by atoms with Crippen molar-refractivity contribution >= 4 is 5.82 Å². The van der Waals surface area contributed by atoms with E-state index in [1.54, 1.807) is 7.11 Å². The first-order valence-electron chi connectivity index (χ1n) is 7.55. The predicted molar refractivity (Wildman–Crippen MR) is 80.7 cm³/mol. The lowest BCUT2D eigenvalue weighted by molar-refractivity contribution is 0.104. The smallest absolute Gasteiger partial charge is 0.218 e. The van der Waals surface area contributed by atoms with Crippen LogP contribution in [0.4, 0.5) is 5.82 Å². The molecule has 1 aliphatic heterocycles. The lowest BCUT2D eigenvalue weighted by Crippen LogP contribution is -2.13. The average Bonchev–Trinajstić information content (AvgIpc) is 2.99. The van der Waals surface area contributed by atoms with Gasteiger partial charge in [-0.15, -0.1) is 0 Å². The van der Waals surface area contributed by atoms with E-state index in [9.17, 15) is 0 Å². The maximum Gasteiger partial charge on any atom is 0.218 e. The zero-order valence-corrected chi connectivity index (χ0v) is 13.1. The van der Waals surface area contributed by atoms with Gasteiger partial charge < -0.3 is 19.5 Å². The van der Waals surface area contributed by atoms with Crippen LogP contribution in [0.2, 0.25) is 0 Å². The molecular weight excluding hydrogens is 270 g/mol. The van der Waals surface area contributed by atoms with Crippen molar-refractivity contribution in [2.75, 3.05) is 38.8 Å². The highest BCUT2D eigenvalue weighted by Crippen LogP contribution is 2.28. The van der Waals surface area contributed by atoms with E-state index in [1.165, 1.54) is 0 Å². The number of rotatable bonds is 8. The number of methoxy groups -OCH3 is 1. The second-order valence-electron chi connectivity index (χ2n) is 5.58. The van der Waals surface area contributed by atoms with Gasteiger partial charge in [0.15, 0.2) is 5.82 Å². The van der Waals surface area contributed by atoms with Crippen molar-refractivity contribution in [3.05, 3.63) is 11.9 Å². The first kappa shape index (κ1) is 16.0. The summed E-state index contributed by atoms with van der Waals surface area (Å²) in [7, 11) is 1.68. The molecule has 1 saturated heterocycles. The molecule has 0 radical (unpaired) electrons. The van der Waals surface area contributed by atoms with Crippen LogP contribution in [0.3, 0.4) is 0 Å². The topological polar surface area (TPSA) is 65.5 Å². The normalized spacial score (nSPS) is 18.2. The van der Waals surface area contributed by atoms with E-state index in [-0.39, 0.29) is 6.10 Å². The van der Waals surface area contributed by atoms with Gasteiger partial charge in [0.05, 0.1) is 13.2 Å². The molecule has 6 nitrogen and oxygen atoms in total. The van der Waals surface area contributed by atoms with E-state index in [2.05, 4.69) is 29.1 Å². The molecule has 1 fully saturated rings. The summed E-state index contributed by atoms with van der Waals surface area (Å²) in [5.41, 5.74) is 0. The Kier molecular flexibility index (Phi) is 6.20. The summed E-state index contributed by atoms with van der Waals surface area (Å²) >= 11 is 0. The van der Waals surface area contributed by atoms with Crippen LogP contribution in [0.25, 0.3) is 0 Å². The van der Waals surface area contributed by atoms with Gasteiger partial charge in [0.1, 0.15) is 11.9 Å². The predicted octanol–water partition coefficient (Wildman–Crippen LogP) is 2.42. The van der Waals surface area contributed by atoms with Gasteiger partial charge in [-0.3, -0.25) is 0 Å². The molecule has 1 N–H and O–H groups in total. The SMILES string of the molecule is COCCNc1cc(OCC(C)C)nc(C2CCCO2)n1. The van der Waals surface area contributed by atoms with E-state index in [1.807, 2.05) is 6.07 Å². The fourth-order valence-corrected chi connectivity index (χ4v) is 2.07. The number of anilines is 1. The standard InChI is InChI=1S/C15H25N3O3/c1-11(2)10-21-14-9-13(16-6-8-19-3)17-15(18-14)12-5-4-7-20-12/h9,11-12H,4-8,10H2,1-3H3,(H,16,17,18). The van der Waals surface area contributed by atoms with Crippen LogP contribution >= 0.6 is 0 Å². The molecule has 2 rings (SSSR count). The third kappa shape index (κ3) is 5.13. The van der Waals surface area contributed by atoms with Gasteiger partial charge >= 0.3 is 0 Å². The van der Waals surface area contributed by atoms with Crippen LogP contribution in [0.1, 0.15) is 38.6 Å². The molecule has 21 heavy (non-hydrogen) atoms. The number of nitrogens with one attached hydrogen (secondary N) is 1. The van der Waals surface area contributed by atoms with Crippen LogP contribution in [0.5, 0.6) is 5.88 Å². The Morgan fingerprint density at radius 2 is 2.29 bits per heavy atom. The molecule has 0 bridgehead atoms. The second kappa shape index (κ2) is 8.14. The Balaban J connectivity index is 2.10. The van der Waals surface area contributed by atoms with Gasteiger partial charge in [-0.2, -0.15) is 4.98 Å². The monoisotopic (exact) mass is 295 g/mol. The van der Waals surface area contributed by atoms with Crippen molar-refractivity contribution in [2.24, 2.45) is 5.92 Å².